The van der Waals surface area contributed by atoms with Crippen LogP contribution in [0.5, 0.6) is 0 Å². The van der Waals surface area contributed by atoms with Crippen molar-refractivity contribution in [3.05, 3.63) is 69.5 Å². The molecule has 0 radical (unpaired) electrons. The molecule has 106 valence electrons. The minimum atomic E-state index is -0.267. The Balaban J connectivity index is 2.53. The van der Waals surface area contributed by atoms with Crippen LogP contribution >= 0.6 is 11.6 Å². The maximum absolute atomic E-state index is 13.5. The molecule has 3 heteroatoms. The largest absolute Gasteiger partial charge is 0.306 e. The van der Waals surface area contributed by atoms with Gasteiger partial charge in [0.15, 0.2) is 0 Å². The average molecular weight is 292 g/mol. The standard InChI is InChI=1S/C17H19ClFN/c1-4-20-17(14-7-5-11(2)9-12(14)3)15-10-13(19)6-8-16(15)18/h5-10,17,20H,4H2,1-3H3. The van der Waals surface area contributed by atoms with Gasteiger partial charge in [-0.05, 0) is 55.3 Å². The van der Waals surface area contributed by atoms with Crippen molar-refractivity contribution in [2.75, 3.05) is 6.54 Å². The molecule has 0 saturated heterocycles. The Labute approximate surface area is 124 Å². The Hall–Kier alpha value is -1.38. The number of hydrogen-bond donors (Lipinski definition) is 1. The monoisotopic (exact) mass is 291 g/mol. The van der Waals surface area contributed by atoms with Crippen LogP contribution in [0.3, 0.4) is 0 Å². The van der Waals surface area contributed by atoms with Crippen LogP contribution in [0.1, 0.15) is 35.2 Å². The van der Waals surface area contributed by atoms with E-state index in [0.717, 1.165) is 17.7 Å². The molecule has 2 aromatic rings. The third-order valence-electron chi connectivity index (χ3n) is 3.41. The third-order valence-corrected chi connectivity index (χ3v) is 3.76. The van der Waals surface area contributed by atoms with Crippen LogP contribution < -0.4 is 5.32 Å². The number of benzene rings is 2. The van der Waals surface area contributed by atoms with Gasteiger partial charge in [-0.3, -0.25) is 0 Å². The van der Waals surface area contributed by atoms with Crippen molar-refractivity contribution in [3.63, 3.8) is 0 Å². The Morgan fingerprint density at radius 3 is 2.50 bits per heavy atom. The van der Waals surface area contributed by atoms with Crippen molar-refractivity contribution in [1.29, 1.82) is 0 Å². The molecule has 2 rings (SSSR count). The highest BCUT2D eigenvalue weighted by molar-refractivity contribution is 6.31. The van der Waals surface area contributed by atoms with E-state index < -0.39 is 0 Å². The molecule has 2 aromatic carbocycles. The van der Waals surface area contributed by atoms with Crippen LogP contribution in [0.4, 0.5) is 4.39 Å². The molecule has 0 saturated carbocycles. The van der Waals surface area contributed by atoms with Crippen molar-refractivity contribution in [1.82, 2.24) is 5.32 Å². The fourth-order valence-electron chi connectivity index (χ4n) is 2.48. The molecule has 1 unspecified atom stereocenters. The highest BCUT2D eigenvalue weighted by atomic mass is 35.5. The van der Waals surface area contributed by atoms with Gasteiger partial charge in [0.25, 0.3) is 0 Å². The topological polar surface area (TPSA) is 12.0 Å². The van der Waals surface area contributed by atoms with E-state index in [0.29, 0.717) is 5.02 Å². The molecular formula is C17H19ClFN. The quantitative estimate of drug-likeness (QED) is 0.853. The second-order valence-corrected chi connectivity index (χ2v) is 5.42. The van der Waals surface area contributed by atoms with Gasteiger partial charge in [-0.1, -0.05) is 42.3 Å². The van der Waals surface area contributed by atoms with Crippen molar-refractivity contribution >= 4 is 11.6 Å². The normalized spacial score (nSPS) is 12.4. The Bertz CT molecular complexity index is 610. The van der Waals surface area contributed by atoms with E-state index in [1.165, 1.54) is 23.3 Å². The molecule has 0 fully saturated rings. The lowest BCUT2D eigenvalue weighted by molar-refractivity contribution is 0.602. The van der Waals surface area contributed by atoms with Gasteiger partial charge in [-0.2, -0.15) is 0 Å². The first kappa shape index (κ1) is 15.0. The highest BCUT2D eigenvalue weighted by Gasteiger charge is 2.18. The summed E-state index contributed by atoms with van der Waals surface area (Å²) in [5.41, 5.74) is 4.30. The van der Waals surface area contributed by atoms with E-state index in [9.17, 15) is 4.39 Å². The Morgan fingerprint density at radius 2 is 1.85 bits per heavy atom. The summed E-state index contributed by atoms with van der Waals surface area (Å²) in [6, 6.07) is 10.7. The second kappa shape index (κ2) is 6.38. The van der Waals surface area contributed by atoms with Crippen molar-refractivity contribution in [2.45, 2.75) is 26.8 Å². The fourth-order valence-corrected chi connectivity index (χ4v) is 2.70. The highest BCUT2D eigenvalue weighted by Crippen LogP contribution is 2.31. The van der Waals surface area contributed by atoms with Crippen LogP contribution in [0.15, 0.2) is 36.4 Å². The average Bonchev–Trinajstić information content (AvgIpc) is 2.40. The van der Waals surface area contributed by atoms with Crippen molar-refractivity contribution < 1.29 is 4.39 Å². The number of aryl methyl sites for hydroxylation is 2. The van der Waals surface area contributed by atoms with Gasteiger partial charge in [0.2, 0.25) is 0 Å². The lowest BCUT2D eigenvalue weighted by atomic mass is 9.93. The third kappa shape index (κ3) is 3.20. The first-order valence-electron chi connectivity index (χ1n) is 6.78. The smallest absolute Gasteiger partial charge is 0.123 e. The summed E-state index contributed by atoms with van der Waals surface area (Å²) in [6.07, 6.45) is 0. The summed E-state index contributed by atoms with van der Waals surface area (Å²) >= 11 is 6.25. The van der Waals surface area contributed by atoms with Crippen LogP contribution in [-0.4, -0.2) is 6.54 Å². The molecule has 1 nitrogen and oxygen atoms in total. The first-order valence-corrected chi connectivity index (χ1v) is 7.16. The Morgan fingerprint density at radius 1 is 1.10 bits per heavy atom. The SMILES string of the molecule is CCNC(c1ccc(C)cc1C)c1cc(F)ccc1Cl. The second-order valence-electron chi connectivity index (χ2n) is 5.02. The lowest BCUT2D eigenvalue weighted by Gasteiger charge is -2.22. The predicted octanol–water partition coefficient (Wildman–Crippen LogP) is 4.79. The zero-order valence-corrected chi connectivity index (χ0v) is 12.8. The molecule has 0 aliphatic rings. The van der Waals surface area contributed by atoms with Crippen LogP contribution in [0.2, 0.25) is 5.02 Å². The summed E-state index contributed by atoms with van der Waals surface area (Å²) < 4.78 is 13.5. The van der Waals surface area contributed by atoms with E-state index in [1.54, 1.807) is 6.07 Å². The minimum absolute atomic E-state index is 0.0937. The van der Waals surface area contributed by atoms with Gasteiger partial charge in [-0.15, -0.1) is 0 Å². The molecule has 0 amide bonds. The van der Waals surface area contributed by atoms with Crippen LogP contribution in [0, 0.1) is 19.7 Å². The molecule has 0 heterocycles. The number of nitrogens with one attached hydrogen (secondary N) is 1. The number of rotatable bonds is 4. The molecule has 1 atom stereocenters. The number of hydrogen-bond acceptors (Lipinski definition) is 1. The summed E-state index contributed by atoms with van der Waals surface area (Å²) in [4.78, 5) is 0. The summed E-state index contributed by atoms with van der Waals surface area (Å²) in [6.45, 7) is 6.95. The van der Waals surface area contributed by atoms with E-state index in [1.807, 2.05) is 6.92 Å². The molecule has 0 aliphatic heterocycles. The maximum atomic E-state index is 13.5. The summed E-state index contributed by atoms with van der Waals surface area (Å²) in [5.74, 6) is -0.267. The van der Waals surface area contributed by atoms with E-state index in [-0.39, 0.29) is 11.9 Å². The van der Waals surface area contributed by atoms with Gasteiger partial charge in [0.1, 0.15) is 5.82 Å². The predicted molar refractivity (Wildman–Crippen MR) is 82.8 cm³/mol. The van der Waals surface area contributed by atoms with Gasteiger partial charge >= 0.3 is 0 Å². The van der Waals surface area contributed by atoms with E-state index in [2.05, 4.69) is 37.4 Å². The molecule has 20 heavy (non-hydrogen) atoms. The number of halogens is 2. The molecule has 0 aromatic heterocycles. The van der Waals surface area contributed by atoms with E-state index in [4.69, 9.17) is 11.6 Å². The summed E-state index contributed by atoms with van der Waals surface area (Å²) in [5, 5.41) is 3.97. The van der Waals surface area contributed by atoms with Gasteiger partial charge in [-0.25, -0.2) is 4.39 Å². The molecule has 1 N–H and O–H groups in total. The Kier molecular flexibility index (Phi) is 4.79. The fraction of sp³-hybridized carbons (Fsp3) is 0.294. The lowest BCUT2D eigenvalue weighted by Crippen LogP contribution is -2.23. The van der Waals surface area contributed by atoms with Crippen molar-refractivity contribution in [2.24, 2.45) is 0 Å². The van der Waals surface area contributed by atoms with Gasteiger partial charge in [0.05, 0.1) is 6.04 Å². The summed E-state index contributed by atoms with van der Waals surface area (Å²) in [7, 11) is 0. The molecule has 0 spiro atoms. The molecule has 0 bridgehead atoms. The van der Waals surface area contributed by atoms with Gasteiger partial charge < -0.3 is 5.32 Å². The maximum Gasteiger partial charge on any atom is 0.123 e. The van der Waals surface area contributed by atoms with Gasteiger partial charge in [0, 0.05) is 5.02 Å². The van der Waals surface area contributed by atoms with Crippen LogP contribution in [0.25, 0.3) is 0 Å². The van der Waals surface area contributed by atoms with Crippen molar-refractivity contribution in [3.8, 4) is 0 Å². The van der Waals surface area contributed by atoms with Crippen LogP contribution in [-0.2, 0) is 0 Å². The zero-order chi connectivity index (χ0) is 14.7. The first-order chi connectivity index (χ1) is 9.52. The zero-order valence-electron chi connectivity index (χ0n) is 12.0. The minimum Gasteiger partial charge on any atom is -0.306 e. The molecule has 0 aliphatic carbocycles. The van der Waals surface area contributed by atoms with E-state index >= 15 is 0 Å². The molecular weight excluding hydrogens is 273 g/mol.